The van der Waals surface area contributed by atoms with Gasteiger partial charge in [-0.3, -0.25) is 13.9 Å². The van der Waals surface area contributed by atoms with E-state index in [-0.39, 0.29) is 17.3 Å². The van der Waals surface area contributed by atoms with Crippen molar-refractivity contribution in [2.75, 3.05) is 17.9 Å². The van der Waals surface area contributed by atoms with Crippen LogP contribution in [0, 0.1) is 0 Å². The molecule has 0 aliphatic heterocycles. The highest BCUT2D eigenvalue weighted by Gasteiger charge is 2.32. The first-order valence-electron chi connectivity index (χ1n) is 10.7. The highest BCUT2D eigenvalue weighted by molar-refractivity contribution is 7.92. The highest BCUT2D eigenvalue weighted by Crippen LogP contribution is 2.25. The normalized spacial score (nSPS) is 12.0. The minimum absolute atomic E-state index is 0.0145. The molecule has 35 heavy (non-hydrogen) atoms. The second-order valence-corrected chi connectivity index (χ2v) is 10.5. The number of halogens is 2. The van der Waals surface area contributed by atoms with Crippen LogP contribution in [0.3, 0.4) is 0 Å². The fourth-order valence-corrected chi connectivity index (χ4v) is 5.23. The van der Waals surface area contributed by atoms with Crippen LogP contribution >= 0.6 is 23.2 Å². The van der Waals surface area contributed by atoms with Crippen molar-refractivity contribution in [2.24, 2.45) is 0 Å². The molecule has 3 aromatic rings. The Morgan fingerprint density at radius 3 is 2.17 bits per heavy atom. The lowest BCUT2D eigenvalue weighted by Crippen LogP contribution is -2.50. The first kappa shape index (κ1) is 26.5. The Morgan fingerprint density at radius 1 is 0.914 bits per heavy atom. The number of sulfonamides is 1. The first-order valence-corrected chi connectivity index (χ1v) is 12.9. The van der Waals surface area contributed by atoms with Crippen LogP contribution in [0.15, 0.2) is 83.8 Å². The summed E-state index contributed by atoms with van der Waals surface area (Å²) in [5.74, 6) is -0.935. The first-order chi connectivity index (χ1) is 16.6. The number of hydrogen-bond donors (Lipinski definition) is 1. The van der Waals surface area contributed by atoms with Gasteiger partial charge in [-0.15, -0.1) is 0 Å². The van der Waals surface area contributed by atoms with Crippen molar-refractivity contribution in [2.45, 2.75) is 24.4 Å². The Bertz CT molecular complexity index is 1290. The van der Waals surface area contributed by atoms with Gasteiger partial charge in [0.1, 0.15) is 12.6 Å². The van der Waals surface area contributed by atoms with Crippen LogP contribution in [0.25, 0.3) is 0 Å². The van der Waals surface area contributed by atoms with Crippen LogP contribution in [-0.4, -0.2) is 44.8 Å². The zero-order valence-corrected chi connectivity index (χ0v) is 21.5. The Labute approximate surface area is 215 Å². The summed E-state index contributed by atoms with van der Waals surface area (Å²) in [6.45, 7) is 1.14. The van der Waals surface area contributed by atoms with Gasteiger partial charge in [0.05, 0.1) is 10.6 Å². The number of anilines is 1. The van der Waals surface area contributed by atoms with Crippen molar-refractivity contribution in [3.8, 4) is 0 Å². The van der Waals surface area contributed by atoms with Crippen LogP contribution < -0.4 is 9.62 Å². The molecule has 1 atom stereocenters. The van der Waals surface area contributed by atoms with Gasteiger partial charge in [-0.1, -0.05) is 53.5 Å². The molecule has 1 N–H and O–H groups in total. The van der Waals surface area contributed by atoms with Crippen molar-refractivity contribution in [1.29, 1.82) is 0 Å². The summed E-state index contributed by atoms with van der Waals surface area (Å²) in [7, 11) is -2.65. The molecule has 2 amide bonds. The van der Waals surface area contributed by atoms with E-state index in [1.165, 1.54) is 36.2 Å². The summed E-state index contributed by atoms with van der Waals surface area (Å²) in [6.07, 6.45) is 0. The maximum Gasteiger partial charge on any atom is 0.264 e. The lowest BCUT2D eigenvalue weighted by Gasteiger charge is -2.31. The van der Waals surface area contributed by atoms with E-state index in [9.17, 15) is 18.0 Å². The van der Waals surface area contributed by atoms with Gasteiger partial charge >= 0.3 is 0 Å². The summed E-state index contributed by atoms with van der Waals surface area (Å²) in [5, 5.41) is 3.41. The number of carbonyl (C=O) groups is 2. The molecule has 3 rings (SSSR count). The van der Waals surface area contributed by atoms with Crippen molar-refractivity contribution in [1.82, 2.24) is 10.2 Å². The zero-order valence-electron chi connectivity index (χ0n) is 19.2. The summed E-state index contributed by atoms with van der Waals surface area (Å²) < 4.78 is 28.2. The molecule has 0 aromatic heterocycles. The predicted molar refractivity (Wildman–Crippen MR) is 138 cm³/mol. The molecule has 0 saturated heterocycles. The van der Waals surface area contributed by atoms with E-state index in [2.05, 4.69) is 5.32 Å². The lowest BCUT2D eigenvalue weighted by molar-refractivity contribution is -0.139. The summed E-state index contributed by atoms with van der Waals surface area (Å²) in [6, 6.07) is 20.1. The number of nitrogens with zero attached hydrogens (tertiary/aromatic N) is 2. The summed E-state index contributed by atoms with van der Waals surface area (Å²) in [5.41, 5.74) is 1.01. The van der Waals surface area contributed by atoms with Gasteiger partial charge in [0.2, 0.25) is 11.8 Å². The molecule has 0 aliphatic rings. The molecule has 0 radical (unpaired) electrons. The fourth-order valence-electron chi connectivity index (χ4n) is 3.48. The van der Waals surface area contributed by atoms with Gasteiger partial charge in [0, 0.05) is 23.6 Å². The second-order valence-electron chi connectivity index (χ2n) is 7.74. The molecule has 3 aromatic carbocycles. The van der Waals surface area contributed by atoms with E-state index >= 15 is 0 Å². The molecule has 0 aliphatic carbocycles. The quantitative estimate of drug-likeness (QED) is 0.442. The number of rotatable bonds is 9. The number of para-hydroxylation sites is 1. The standard InChI is InChI=1S/C25H25Cl2N3O4S/c1-18(25(32)28-2)29(16-19-7-6-8-21(27)15-19)24(31)17-30(22-9-4-3-5-10-22)35(33,34)23-13-11-20(26)12-14-23/h3-15,18H,16-17H2,1-2H3,(H,28,32)/t18-/m1/s1. The maximum absolute atomic E-state index is 13.6. The molecule has 0 unspecified atom stereocenters. The van der Waals surface area contributed by atoms with E-state index in [4.69, 9.17) is 23.2 Å². The van der Waals surface area contributed by atoms with E-state index < -0.39 is 28.5 Å². The van der Waals surface area contributed by atoms with Crippen molar-refractivity contribution in [3.05, 3.63) is 94.5 Å². The molecule has 7 nitrogen and oxygen atoms in total. The van der Waals surface area contributed by atoms with Gasteiger partial charge in [-0.25, -0.2) is 8.42 Å². The zero-order chi connectivity index (χ0) is 25.6. The van der Waals surface area contributed by atoms with Gasteiger partial charge < -0.3 is 10.2 Å². The predicted octanol–water partition coefficient (Wildman–Crippen LogP) is 4.35. The number of likely N-dealkylation sites (N-methyl/N-ethyl adjacent to an activating group) is 1. The Kier molecular flexibility index (Phi) is 8.77. The molecular formula is C25H25Cl2N3O4S. The highest BCUT2D eigenvalue weighted by atomic mass is 35.5. The summed E-state index contributed by atoms with van der Waals surface area (Å²) >= 11 is 12.0. The second kappa shape index (κ2) is 11.6. The lowest BCUT2D eigenvalue weighted by atomic mass is 10.1. The van der Waals surface area contributed by atoms with Crippen LogP contribution in [0.4, 0.5) is 5.69 Å². The van der Waals surface area contributed by atoms with Gasteiger partial charge in [-0.05, 0) is 61.0 Å². The third-order valence-corrected chi connectivity index (χ3v) is 7.66. The van der Waals surface area contributed by atoms with Gasteiger partial charge in [0.15, 0.2) is 0 Å². The largest absolute Gasteiger partial charge is 0.357 e. The van der Waals surface area contributed by atoms with E-state index in [0.717, 1.165) is 4.31 Å². The smallest absolute Gasteiger partial charge is 0.264 e. The fraction of sp³-hybridized carbons (Fsp3) is 0.200. The van der Waals surface area contributed by atoms with E-state index in [0.29, 0.717) is 21.3 Å². The Balaban J connectivity index is 2.00. The van der Waals surface area contributed by atoms with Crippen LogP contribution in [0.2, 0.25) is 10.0 Å². The van der Waals surface area contributed by atoms with Crippen LogP contribution in [0.5, 0.6) is 0 Å². The number of amides is 2. The Hall–Kier alpha value is -3.07. The van der Waals surface area contributed by atoms with Crippen LogP contribution in [0.1, 0.15) is 12.5 Å². The molecule has 0 saturated carbocycles. The van der Waals surface area contributed by atoms with Gasteiger partial charge in [0.25, 0.3) is 10.0 Å². The SMILES string of the molecule is CNC(=O)[C@@H](C)N(Cc1cccc(Cl)c1)C(=O)CN(c1ccccc1)S(=O)(=O)c1ccc(Cl)cc1. The molecule has 10 heteroatoms. The molecule has 0 fully saturated rings. The minimum atomic E-state index is -4.13. The average Bonchev–Trinajstić information content (AvgIpc) is 2.85. The topological polar surface area (TPSA) is 86.8 Å². The molecular weight excluding hydrogens is 509 g/mol. The molecule has 0 bridgehead atoms. The van der Waals surface area contributed by atoms with Gasteiger partial charge in [-0.2, -0.15) is 0 Å². The average molecular weight is 534 g/mol. The Morgan fingerprint density at radius 2 is 1.57 bits per heavy atom. The molecule has 0 heterocycles. The molecule has 0 spiro atoms. The minimum Gasteiger partial charge on any atom is -0.357 e. The van der Waals surface area contributed by atoms with Crippen molar-refractivity contribution < 1.29 is 18.0 Å². The third-order valence-electron chi connectivity index (χ3n) is 5.38. The number of hydrogen-bond acceptors (Lipinski definition) is 4. The monoisotopic (exact) mass is 533 g/mol. The van der Waals surface area contributed by atoms with E-state index in [1.807, 2.05) is 0 Å². The van der Waals surface area contributed by atoms with Crippen LogP contribution in [-0.2, 0) is 26.2 Å². The third kappa shape index (κ3) is 6.54. The number of benzene rings is 3. The van der Waals surface area contributed by atoms with Crippen molar-refractivity contribution in [3.63, 3.8) is 0 Å². The number of nitrogens with one attached hydrogen (secondary N) is 1. The maximum atomic E-state index is 13.6. The number of carbonyl (C=O) groups excluding carboxylic acids is 2. The molecule has 184 valence electrons. The van der Waals surface area contributed by atoms with Crippen molar-refractivity contribution >= 4 is 50.7 Å². The summed E-state index contributed by atoms with van der Waals surface area (Å²) in [4.78, 5) is 27.4. The van der Waals surface area contributed by atoms with E-state index in [1.54, 1.807) is 61.5 Å².